The Morgan fingerprint density at radius 1 is 1.42 bits per heavy atom. The number of anilines is 1. The molecule has 12 heavy (non-hydrogen) atoms. The van der Waals surface area contributed by atoms with Gasteiger partial charge in [-0.15, -0.1) is 12.4 Å². The van der Waals surface area contributed by atoms with Gasteiger partial charge in [0.05, 0.1) is 0 Å². The molecule has 0 bridgehead atoms. The van der Waals surface area contributed by atoms with Crippen LogP contribution in [0.15, 0.2) is 18.2 Å². The Bertz CT molecular complexity index is 272. The van der Waals surface area contributed by atoms with Gasteiger partial charge in [-0.2, -0.15) is 0 Å². The summed E-state index contributed by atoms with van der Waals surface area (Å²) in [6.45, 7) is 0. The summed E-state index contributed by atoms with van der Waals surface area (Å²) in [5, 5.41) is 8.92. The molecule has 0 heterocycles. The number of phenolic OH excluding ortho intramolecular Hbond substituents is 1. The molecule has 3 nitrogen and oxygen atoms in total. The van der Waals surface area contributed by atoms with E-state index in [0.29, 0.717) is 4.35 Å². The number of nitrogen functional groups attached to an aromatic ring is 1. The van der Waals surface area contributed by atoms with Gasteiger partial charge in [-0.05, 0) is 0 Å². The van der Waals surface area contributed by atoms with Crippen LogP contribution in [-0.2, 0) is 3.74 Å². The van der Waals surface area contributed by atoms with Gasteiger partial charge in [0, 0.05) is 0 Å². The van der Waals surface area contributed by atoms with Gasteiger partial charge >= 0.3 is 93.8 Å². The topological polar surface area (TPSA) is 63.3 Å². The second-order valence-electron chi connectivity index (χ2n) is 1.83. The number of halogens is 1. The van der Waals surface area contributed by atoms with Gasteiger partial charge in [0.1, 0.15) is 0 Å². The van der Waals surface area contributed by atoms with Crippen LogP contribution in [0.4, 0.5) is 5.69 Å². The molecule has 0 aliphatic carbocycles. The summed E-state index contributed by atoms with van der Waals surface area (Å²) in [6.07, 6.45) is 0. The van der Waals surface area contributed by atoms with Gasteiger partial charge in [0.15, 0.2) is 0 Å². The molecular formula is C6H7AsClNNaO2+. The van der Waals surface area contributed by atoms with Gasteiger partial charge in [-0.1, -0.05) is 0 Å². The number of phenols is 1. The second-order valence-corrected chi connectivity index (χ2v) is 3.30. The van der Waals surface area contributed by atoms with E-state index in [1.165, 1.54) is 12.1 Å². The van der Waals surface area contributed by atoms with E-state index in [1.54, 1.807) is 6.07 Å². The first-order valence-corrected chi connectivity index (χ1v) is 4.36. The average molecular weight is 258 g/mol. The number of rotatable bonds is 1. The minimum atomic E-state index is -1.03. The molecule has 0 aliphatic heterocycles. The van der Waals surface area contributed by atoms with Crippen molar-refractivity contribution in [1.82, 2.24) is 0 Å². The third kappa shape index (κ3) is 3.92. The molecule has 6 heteroatoms. The number of nitrogens with two attached hydrogens (primary N) is 1. The van der Waals surface area contributed by atoms with Crippen molar-refractivity contribution in [2.45, 2.75) is 0 Å². The number of hydrogen-bond acceptors (Lipinski definition) is 3. The van der Waals surface area contributed by atoms with Crippen LogP contribution >= 0.6 is 12.4 Å². The Labute approximate surface area is 105 Å². The maximum atomic E-state index is 10.4. The zero-order chi connectivity index (χ0) is 7.56. The number of hydrogen-bond donors (Lipinski definition) is 2. The Morgan fingerprint density at radius 2 is 2.00 bits per heavy atom. The van der Waals surface area contributed by atoms with Crippen molar-refractivity contribution in [2.24, 2.45) is 0 Å². The molecule has 1 aromatic rings. The van der Waals surface area contributed by atoms with Crippen LogP contribution in [0.25, 0.3) is 0 Å². The van der Waals surface area contributed by atoms with E-state index in [0.717, 1.165) is 0 Å². The molecule has 0 spiro atoms. The second kappa shape index (κ2) is 6.93. The first kappa shape index (κ1) is 15.0. The fraction of sp³-hybridized carbons (Fsp3) is 0. The van der Waals surface area contributed by atoms with E-state index in [2.05, 4.69) is 0 Å². The predicted octanol–water partition coefficient (Wildman–Crippen LogP) is -2.92. The summed E-state index contributed by atoms with van der Waals surface area (Å²) in [5.41, 5.74) is 5.60. The first-order valence-electron chi connectivity index (χ1n) is 2.66. The van der Waals surface area contributed by atoms with Crippen molar-refractivity contribution in [3.8, 4) is 5.75 Å². The summed E-state index contributed by atoms with van der Waals surface area (Å²) in [6, 6.07) is 4.55. The summed E-state index contributed by atoms with van der Waals surface area (Å²) in [7, 11) is 0. The van der Waals surface area contributed by atoms with Crippen LogP contribution in [0.1, 0.15) is 0 Å². The zero-order valence-corrected chi connectivity index (χ0v) is 11.2. The van der Waals surface area contributed by atoms with Crippen molar-refractivity contribution in [1.29, 1.82) is 0 Å². The quantitative estimate of drug-likeness (QED) is 0.322. The van der Waals surface area contributed by atoms with Crippen molar-refractivity contribution < 1.29 is 38.4 Å². The molecule has 0 amide bonds. The van der Waals surface area contributed by atoms with E-state index in [-0.39, 0.29) is 53.4 Å². The molecule has 0 radical (unpaired) electrons. The maximum absolute atomic E-state index is 10.4. The largest absolute Gasteiger partial charge is 1.00 e. The monoisotopic (exact) mass is 258 g/mol. The fourth-order valence-corrected chi connectivity index (χ4v) is 1.29. The van der Waals surface area contributed by atoms with E-state index in [9.17, 15) is 3.74 Å². The zero-order valence-electron chi connectivity index (χ0n) is 6.52. The molecule has 1 aromatic carbocycles. The minimum absolute atomic E-state index is 0. The third-order valence-corrected chi connectivity index (χ3v) is 2.14. The third-order valence-electron chi connectivity index (χ3n) is 1.12. The Kier molecular flexibility index (Phi) is 8.64. The van der Waals surface area contributed by atoms with E-state index < -0.39 is 15.7 Å². The van der Waals surface area contributed by atoms with Crippen LogP contribution in [0.3, 0.4) is 0 Å². The van der Waals surface area contributed by atoms with Gasteiger partial charge in [0.25, 0.3) is 0 Å². The van der Waals surface area contributed by atoms with Gasteiger partial charge < -0.3 is 0 Å². The van der Waals surface area contributed by atoms with Crippen molar-refractivity contribution >= 4 is 38.1 Å². The molecular weight excluding hydrogens is 251 g/mol. The van der Waals surface area contributed by atoms with Gasteiger partial charge in [-0.3, -0.25) is 0 Å². The maximum Gasteiger partial charge on any atom is 1.00 e. The smallest absolute Gasteiger partial charge is 1.00 e. The first-order chi connectivity index (χ1) is 4.74. The standard InChI is InChI=1S/C6H6AsNO2.ClH.Na/c8-5-3-4(7-10)1-2-6(5)9;;/h1-3,9H,8H2;1H;/q;;+1. The van der Waals surface area contributed by atoms with Crippen LogP contribution in [-0.4, -0.2) is 20.8 Å². The van der Waals surface area contributed by atoms with Crippen LogP contribution in [0, 0.1) is 0 Å². The Hall–Kier alpha value is 0.468. The predicted molar refractivity (Wildman–Crippen MR) is 45.8 cm³/mol. The van der Waals surface area contributed by atoms with Crippen molar-refractivity contribution in [3.05, 3.63) is 18.2 Å². The normalized spacial score (nSPS) is 8.33. The van der Waals surface area contributed by atoms with Crippen LogP contribution in [0.5, 0.6) is 5.75 Å². The molecule has 0 aliphatic rings. The summed E-state index contributed by atoms with van der Waals surface area (Å²) in [4.78, 5) is 0. The van der Waals surface area contributed by atoms with Crippen LogP contribution in [0.2, 0.25) is 0 Å². The number of aromatic hydroxyl groups is 1. The summed E-state index contributed by atoms with van der Waals surface area (Å²) >= 11 is -1.03. The molecule has 0 saturated heterocycles. The number of benzene rings is 1. The van der Waals surface area contributed by atoms with E-state index >= 15 is 0 Å². The molecule has 0 atom stereocenters. The van der Waals surface area contributed by atoms with Crippen molar-refractivity contribution in [2.75, 3.05) is 5.73 Å². The van der Waals surface area contributed by atoms with Crippen molar-refractivity contribution in [3.63, 3.8) is 0 Å². The molecule has 0 saturated carbocycles. The van der Waals surface area contributed by atoms with Crippen LogP contribution < -0.4 is 39.6 Å². The van der Waals surface area contributed by atoms with E-state index in [4.69, 9.17) is 10.8 Å². The Balaban J connectivity index is 0. The average Bonchev–Trinajstić information content (AvgIpc) is 1.95. The molecule has 0 fully saturated rings. The summed E-state index contributed by atoms with van der Waals surface area (Å²) < 4.78 is 11.0. The SMILES string of the molecule is Cl.Nc1cc([As]=O)ccc1O.[Na+]. The summed E-state index contributed by atoms with van der Waals surface area (Å²) in [5.74, 6) is 0.0402. The van der Waals surface area contributed by atoms with Gasteiger partial charge in [-0.25, -0.2) is 0 Å². The Morgan fingerprint density at radius 3 is 2.42 bits per heavy atom. The fourth-order valence-electron chi connectivity index (χ4n) is 0.599. The van der Waals surface area contributed by atoms with Gasteiger partial charge in [0.2, 0.25) is 0 Å². The molecule has 3 N–H and O–H groups in total. The van der Waals surface area contributed by atoms with E-state index in [1.807, 2.05) is 0 Å². The molecule has 0 unspecified atom stereocenters. The molecule has 60 valence electrons. The minimum Gasteiger partial charge on any atom is 1.00 e. The molecule has 0 aromatic heterocycles. The molecule has 1 rings (SSSR count).